The molecule has 3 rings (SSSR count). The average molecular weight is 416 g/mol. The number of likely N-dealkylation sites (N-methyl/N-ethyl adjacent to an activating group) is 1. The van der Waals surface area contributed by atoms with Crippen molar-refractivity contribution in [3.63, 3.8) is 0 Å². The van der Waals surface area contributed by atoms with Crippen molar-refractivity contribution in [2.24, 2.45) is 10.6 Å². The highest BCUT2D eigenvalue weighted by molar-refractivity contribution is 5.95. The van der Waals surface area contributed by atoms with Gasteiger partial charge in [-0.05, 0) is 43.4 Å². The second-order valence-electron chi connectivity index (χ2n) is 9.22. The third-order valence-corrected chi connectivity index (χ3v) is 5.98. The Hall–Kier alpha value is -2.47. The molecule has 2 aliphatic heterocycles. The van der Waals surface area contributed by atoms with Crippen LogP contribution >= 0.6 is 0 Å². The van der Waals surface area contributed by atoms with E-state index in [0.717, 1.165) is 36.4 Å². The minimum Gasteiger partial charge on any atom is -0.492 e. The van der Waals surface area contributed by atoms with Gasteiger partial charge in [0.05, 0.1) is 32.0 Å². The zero-order chi connectivity index (χ0) is 21.9. The van der Waals surface area contributed by atoms with E-state index >= 15 is 0 Å². The number of nitrogens with zero attached hydrogens (tertiary/aromatic N) is 1. The Bertz CT molecular complexity index is 866. The number of hydrogen-bond donors (Lipinski definition) is 2. The van der Waals surface area contributed by atoms with Crippen molar-refractivity contribution < 1.29 is 24.3 Å². The molecule has 0 aromatic heterocycles. The molecule has 2 heterocycles. The van der Waals surface area contributed by atoms with E-state index < -0.39 is 0 Å². The van der Waals surface area contributed by atoms with Crippen LogP contribution in [0.25, 0.3) is 0 Å². The molecule has 0 aliphatic carbocycles. The summed E-state index contributed by atoms with van der Waals surface area (Å²) in [6.45, 7) is 9.81. The van der Waals surface area contributed by atoms with Gasteiger partial charge in [-0.25, -0.2) is 0 Å². The Morgan fingerprint density at radius 2 is 2.13 bits per heavy atom. The highest BCUT2D eigenvalue weighted by atomic mass is 16.7. The van der Waals surface area contributed by atoms with Crippen LogP contribution in [0, 0.1) is 5.41 Å². The molecule has 0 fully saturated rings. The molecule has 6 heteroatoms. The lowest BCUT2D eigenvalue weighted by molar-refractivity contribution is -0.913. The minimum atomic E-state index is -0.0138. The topological polar surface area (TPSA) is 64.7 Å². The molecule has 1 unspecified atom stereocenters. The van der Waals surface area contributed by atoms with Crippen LogP contribution < -0.4 is 19.1 Å². The van der Waals surface area contributed by atoms with Gasteiger partial charge in [0, 0.05) is 12.8 Å². The minimum absolute atomic E-state index is 0.0138. The van der Waals surface area contributed by atoms with Gasteiger partial charge in [-0.15, -0.1) is 0 Å². The molecular formula is C24H35N2O4+. The van der Waals surface area contributed by atoms with Crippen molar-refractivity contribution in [1.82, 2.24) is 0 Å². The van der Waals surface area contributed by atoms with E-state index in [0.29, 0.717) is 17.9 Å². The number of allylic oxidation sites excluding steroid dienone is 4. The molecule has 2 aliphatic rings. The molecule has 0 radical (unpaired) electrons. The van der Waals surface area contributed by atoms with Crippen LogP contribution in [0.4, 0.5) is 0 Å². The lowest BCUT2D eigenvalue weighted by Crippen LogP contribution is -3.10. The van der Waals surface area contributed by atoms with Gasteiger partial charge < -0.3 is 24.3 Å². The van der Waals surface area contributed by atoms with Crippen molar-refractivity contribution >= 4 is 5.71 Å². The summed E-state index contributed by atoms with van der Waals surface area (Å²) in [6.07, 6.45) is 8.84. The Morgan fingerprint density at radius 1 is 1.37 bits per heavy atom. The molecule has 1 aromatic rings. The molecule has 0 spiro atoms. The standard InChI is InChI=1S/C24H34N2O4/c1-16(2)7-10-24(3,4)11-8-18(25-27)14-19-21-17(9-12-26(19)5)13-20-22(23(21)28-6)30-15-29-20/h7-8,11,13,19,27H,9-10,12,14-15H2,1-6H3/p+1/b11-8+,25-18?/t19-/m0/s1. The van der Waals surface area contributed by atoms with Gasteiger partial charge in [-0.1, -0.05) is 36.7 Å². The van der Waals surface area contributed by atoms with Gasteiger partial charge in [0.2, 0.25) is 12.5 Å². The van der Waals surface area contributed by atoms with Gasteiger partial charge >= 0.3 is 0 Å². The van der Waals surface area contributed by atoms with E-state index in [9.17, 15) is 5.21 Å². The fourth-order valence-electron chi connectivity index (χ4n) is 4.11. The first-order chi connectivity index (χ1) is 14.3. The summed E-state index contributed by atoms with van der Waals surface area (Å²) in [5, 5.41) is 13.3. The number of oxime groups is 1. The predicted octanol–water partition coefficient (Wildman–Crippen LogP) is 3.69. The molecule has 0 bridgehead atoms. The number of methoxy groups -OCH3 is 1. The Morgan fingerprint density at radius 3 is 2.80 bits per heavy atom. The summed E-state index contributed by atoms with van der Waals surface area (Å²) in [7, 11) is 3.85. The number of hydrogen-bond acceptors (Lipinski definition) is 5. The van der Waals surface area contributed by atoms with Gasteiger partial charge in [-0.3, -0.25) is 0 Å². The van der Waals surface area contributed by atoms with E-state index in [1.165, 1.54) is 16.0 Å². The summed E-state index contributed by atoms with van der Waals surface area (Å²) in [5.74, 6) is 2.17. The monoisotopic (exact) mass is 415 g/mol. The van der Waals surface area contributed by atoms with Crippen molar-refractivity contribution in [2.45, 2.75) is 53.0 Å². The van der Waals surface area contributed by atoms with E-state index in [1.54, 1.807) is 7.11 Å². The zero-order valence-corrected chi connectivity index (χ0v) is 19.0. The SMILES string of the molecule is COc1c2c(cc3c1[C@H](CC(/C=C/C(C)(C)CC=C(C)C)=NO)[NH+](C)CC3)OCO2. The lowest BCUT2D eigenvalue weighted by Gasteiger charge is -2.33. The molecule has 30 heavy (non-hydrogen) atoms. The van der Waals surface area contributed by atoms with Crippen LogP contribution in [0.1, 0.15) is 57.7 Å². The third kappa shape index (κ3) is 4.81. The third-order valence-electron chi connectivity index (χ3n) is 5.98. The maximum Gasteiger partial charge on any atom is 0.231 e. The number of ether oxygens (including phenoxy) is 3. The summed E-state index contributed by atoms with van der Waals surface area (Å²) in [4.78, 5) is 1.36. The summed E-state index contributed by atoms with van der Waals surface area (Å²) >= 11 is 0. The number of quaternary nitrogens is 1. The van der Waals surface area contributed by atoms with Crippen LogP contribution in [-0.2, 0) is 6.42 Å². The summed E-state index contributed by atoms with van der Waals surface area (Å²) in [6, 6.07) is 2.18. The maximum atomic E-state index is 9.73. The van der Waals surface area contributed by atoms with E-state index in [2.05, 4.69) is 58.1 Å². The first-order valence-corrected chi connectivity index (χ1v) is 10.6. The number of benzene rings is 1. The van der Waals surface area contributed by atoms with E-state index in [4.69, 9.17) is 14.2 Å². The molecule has 6 nitrogen and oxygen atoms in total. The molecule has 2 N–H and O–H groups in total. The first-order valence-electron chi connectivity index (χ1n) is 10.6. The van der Waals surface area contributed by atoms with Crippen LogP contribution in [0.3, 0.4) is 0 Å². The van der Waals surface area contributed by atoms with E-state index in [-0.39, 0.29) is 18.2 Å². The molecule has 164 valence electrons. The first kappa shape index (κ1) is 22.2. The zero-order valence-electron chi connectivity index (χ0n) is 19.0. The van der Waals surface area contributed by atoms with Gasteiger partial charge in [0.15, 0.2) is 11.5 Å². The van der Waals surface area contributed by atoms with Crippen molar-refractivity contribution in [3.05, 3.63) is 41.0 Å². The molecule has 0 saturated carbocycles. The quantitative estimate of drug-likeness (QED) is 0.309. The summed E-state index contributed by atoms with van der Waals surface area (Å²) in [5.41, 5.74) is 4.31. The highest BCUT2D eigenvalue weighted by Gasteiger charge is 2.37. The van der Waals surface area contributed by atoms with Crippen LogP contribution in [0.2, 0.25) is 0 Å². The second kappa shape index (κ2) is 9.13. The average Bonchev–Trinajstić information content (AvgIpc) is 3.17. The Labute approximate surface area is 179 Å². The maximum absolute atomic E-state index is 9.73. The van der Waals surface area contributed by atoms with Crippen LogP contribution in [0.15, 0.2) is 35.0 Å². The van der Waals surface area contributed by atoms with Crippen LogP contribution in [-0.4, -0.2) is 38.4 Å². The van der Waals surface area contributed by atoms with E-state index in [1.807, 2.05) is 6.08 Å². The lowest BCUT2D eigenvalue weighted by atomic mass is 9.86. The smallest absolute Gasteiger partial charge is 0.231 e. The fourth-order valence-corrected chi connectivity index (χ4v) is 4.11. The number of fused-ring (bicyclic) bond motifs is 2. The summed E-state index contributed by atoms with van der Waals surface area (Å²) < 4.78 is 17.1. The predicted molar refractivity (Wildman–Crippen MR) is 118 cm³/mol. The van der Waals surface area contributed by atoms with Crippen molar-refractivity contribution in [1.29, 1.82) is 0 Å². The largest absolute Gasteiger partial charge is 0.492 e. The molecule has 0 amide bonds. The molecule has 0 saturated heterocycles. The molecule has 2 atom stereocenters. The van der Waals surface area contributed by atoms with Gasteiger partial charge in [0.25, 0.3) is 0 Å². The second-order valence-corrected chi connectivity index (χ2v) is 9.22. The van der Waals surface area contributed by atoms with Crippen molar-refractivity contribution in [3.8, 4) is 17.2 Å². The Balaban J connectivity index is 1.88. The molecule has 1 aromatic carbocycles. The highest BCUT2D eigenvalue weighted by Crippen LogP contribution is 2.47. The van der Waals surface area contributed by atoms with Crippen molar-refractivity contribution in [2.75, 3.05) is 27.5 Å². The number of nitrogens with one attached hydrogen (secondary N) is 1. The van der Waals surface area contributed by atoms with Gasteiger partial charge in [-0.2, -0.15) is 0 Å². The molecular weight excluding hydrogens is 380 g/mol. The fraction of sp³-hybridized carbons (Fsp3) is 0.542. The van der Waals surface area contributed by atoms with Crippen LogP contribution in [0.5, 0.6) is 17.2 Å². The normalized spacial score (nSPS) is 20.9. The number of rotatable bonds is 7. The Kier molecular flexibility index (Phi) is 6.76. The van der Waals surface area contributed by atoms with Gasteiger partial charge in [0.1, 0.15) is 6.04 Å².